The molecule has 19 heavy (non-hydrogen) atoms. The van der Waals surface area contributed by atoms with Gasteiger partial charge in [-0.2, -0.15) is 0 Å². The number of nitrogens with one attached hydrogen (secondary N) is 1. The van der Waals surface area contributed by atoms with Crippen LogP contribution in [0.5, 0.6) is 0 Å². The molecule has 1 aliphatic heterocycles. The molecular formula is C15H23ClN2O. The molecule has 106 valence electrons. The second-order valence-corrected chi connectivity index (χ2v) is 6.25. The van der Waals surface area contributed by atoms with E-state index in [2.05, 4.69) is 16.3 Å². The van der Waals surface area contributed by atoms with E-state index in [-0.39, 0.29) is 5.92 Å². The number of hydrogen-bond acceptors (Lipinski definition) is 3. The van der Waals surface area contributed by atoms with Gasteiger partial charge in [0, 0.05) is 43.7 Å². The summed E-state index contributed by atoms with van der Waals surface area (Å²) in [7, 11) is 0. The summed E-state index contributed by atoms with van der Waals surface area (Å²) < 4.78 is 0. The van der Waals surface area contributed by atoms with Crippen LogP contribution in [-0.4, -0.2) is 48.3 Å². The zero-order valence-electron chi connectivity index (χ0n) is 11.7. The average molecular weight is 283 g/mol. The van der Waals surface area contributed by atoms with Crippen LogP contribution in [0.25, 0.3) is 0 Å². The number of halogens is 1. The third-order valence-electron chi connectivity index (χ3n) is 3.75. The second kappa shape index (κ2) is 6.23. The minimum absolute atomic E-state index is 0.0734. The van der Waals surface area contributed by atoms with Gasteiger partial charge in [-0.05, 0) is 31.5 Å². The fourth-order valence-electron chi connectivity index (χ4n) is 2.61. The maximum Gasteiger partial charge on any atom is 0.0672 e. The highest BCUT2D eigenvalue weighted by atomic mass is 35.5. The lowest BCUT2D eigenvalue weighted by atomic mass is 9.84. The van der Waals surface area contributed by atoms with Gasteiger partial charge >= 0.3 is 0 Å². The van der Waals surface area contributed by atoms with Crippen LogP contribution in [0.2, 0.25) is 5.02 Å². The van der Waals surface area contributed by atoms with Gasteiger partial charge in [0.05, 0.1) is 5.60 Å². The summed E-state index contributed by atoms with van der Waals surface area (Å²) in [5, 5.41) is 14.5. The molecule has 0 aromatic heterocycles. The Bertz CT molecular complexity index is 411. The van der Waals surface area contributed by atoms with Crippen molar-refractivity contribution in [2.75, 3.05) is 32.7 Å². The molecule has 1 atom stereocenters. The fraction of sp³-hybridized carbons (Fsp3) is 0.600. The molecule has 1 aromatic rings. The SMILES string of the molecule is CC(C)(O)[C@H](CN1CCNCC1)c1cccc(Cl)c1. The van der Waals surface area contributed by atoms with E-state index in [4.69, 9.17) is 11.6 Å². The summed E-state index contributed by atoms with van der Waals surface area (Å²) in [6, 6.07) is 7.84. The summed E-state index contributed by atoms with van der Waals surface area (Å²) in [6.07, 6.45) is 0. The van der Waals surface area contributed by atoms with Crippen LogP contribution in [0.4, 0.5) is 0 Å². The number of piperazine rings is 1. The van der Waals surface area contributed by atoms with E-state index in [1.54, 1.807) is 0 Å². The normalized spacial score (nSPS) is 19.4. The van der Waals surface area contributed by atoms with E-state index in [1.165, 1.54) is 0 Å². The predicted octanol–water partition coefficient (Wildman–Crippen LogP) is 2.10. The molecule has 0 aliphatic carbocycles. The highest BCUT2D eigenvalue weighted by Crippen LogP contribution is 2.30. The first-order valence-corrected chi connectivity index (χ1v) is 7.25. The van der Waals surface area contributed by atoms with Crippen LogP contribution in [0.1, 0.15) is 25.3 Å². The molecule has 2 rings (SSSR count). The van der Waals surface area contributed by atoms with Crippen molar-refractivity contribution in [3.63, 3.8) is 0 Å². The number of aliphatic hydroxyl groups is 1. The summed E-state index contributed by atoms with van der Waals surface area (Å²) in [5.41, 5.74) is 0.355. The van der Waals surface area contributed by atoms with Crippen molar-refractivity contribution >= 4 is 11.6 Å². The molecule has 3 nitrogen and oxygen atoms in total. The zero-order valence-corrected chi connectivity index (χ0v) is 12.5. The Labute approximate surface area is 120 Å². The highest BCUT2D eigenvalue weighted by Gasteiger charge is 2.30. The lowest BCUT2D eigenvalue weighted by Crippen LogP contribution is -2.47. The molecular weight excluding hydrogens is 260 g/mol. The van der Waals surface area contributed by atoms with Crippen LogP contribution in [0.15, 0.2) is 24.3 Å². The van der Waals surface area contributed by atoms with E-state index in [0.717, 1.165) is 43.3 Å². The van der Waals surface area contributed by atoms with Crippen molar-refractivity contribution in [3.8, 4) is 0 Å². The van der Waals surface area contributed by atoms with E-state index in [0.29, 0.717) is 0 Å². The summed E-state index contributed by atoms with van der Waals surface area (Å²) in [4.78, 5) is 2.40. The van der Waals surface area contributed by atoms with Crippen molar-refractivity contribution in [3.05, 3.63) is 34.9 Å². The van der Waals surface area contributed by atoms with E-state index >= 15 is 0 Å². The van der Waals surface area contributed by atoms with Gasteiger partial charge in [0.2, 0.25) is 0 Å². The second-order valence-electron chi connectivity index (χ2n) is 5.81. The Morgan fingerprint density at radius 3 is 2.63 bits per heavy atom. The quantitative estimate of drug-likeness (QED) is 0.888. The van der Waals surface area contributed by atoms with Crippen molar-refractivity contribution in [1.82, 2.24) is 10.2 Å². The Balaban J connectivity index is 2.16. The van der Waals surface area contributed by atoms with E-state index < -0.39 is 5.60 Å². The summed E-state index contributed by atoms with van der Waals surface area (Å²) in [5.74, 6) is 0.0734. The van der Waals surface area contributed by atoms with Crippen molar-refractivity contribution in [2.45, 2.75) is 25.4 Å². The standard InChI is InChI=1S/C15H23ClN2O/c1-15(2,19)14(11-18-8-6-17-7-9-18)12-4-3-5-13(16)10-12/h3-5,10,14,17,19H,6-9,11H2,1-2H3/t14-/m1/s1. The van der Waals surface area contributed by atoms with Gasteiger partial charge in [0.25, 0.3) is 0 Å². The smallest absolute Gasteiger partial charge is 0.0672 e. The molecule has 0 radical (unpaired) electrons. The number of nitrogens with zero attached hydrogens (tertiary/aromatic N) is 1. The van der Waals surface area contributed by atoms with Gasteiger partial charge in [-0.3, -0.25) is 0 Å². The Hall–Kier alpha value is -0.610. The topological polar surface area (TPSA) is 35.5 Å². The molecule has 0 unspecified atom stereocenters. The molecule has 1 aliphatic rings. The van der Waals surface area contributed by atoms with E-state index in [1.807, 2.05) is 32.0 Å². The summed E-state index contributed by atoms with van der Waals surface area (Å²) >= 11 is 6.08. The van der Waals surface area contributed by atoms with Crippen molar-refractivity contribution in [1.29, 1.82) is 0 Å². The van der Waals surface area contributed by atoms with Crippen LogP contribution in [0, 0.1) is 0 Å². The molecule has 1 saturated heterocycles. The van der Waals surface area contributed by atoms with Gasteiger partial charge in [-0.1, -0.05) is 23.7 Å². The number of hydrogen-bond donors (Lipinski definition) is 2. The first kappa shape index (κ1) is 14.8. The van der Waals surface area contributed by atoms with Crippen LogP contribution in [-0.2, 0) is 0 Å². The van der Waals surface area contributed by atoms with Gasteiger partial charge in [0.1, 0.15) is 0 Å². The Morgan fingerprint density at radius 1 is 1.37 bits per heavy atom. The third kappa shape index (κ3) is 4.18. The largest absolute Gasteiger partial charge is 0.390 e. The van der Waals surface area contributed by atoms with Crippen LogP contribution >= 0.6 is 11.6 Å². The fourth-order valence-corrected chi connectivity index (χ4v) is 2.81. The number of benzene rings is 1. The molecule has 1 heterocycles. The molecule has 0 spiro atoms. The van der Waals surface area contributed by atoms with E-state index in [9.17, 15) is 5.11 Å². The van der Waals surface area contributed by atoms with Crippen molar-refractivity contribution in [2.24, 2.45) is 0 Å². The number of rotatable bonds is 4. The van der Waals surface area contributed by atoms with Crippen molar-refractivity contribution < 1.29 is 5.11 Å². The average Bonchev–Trinajstić information content (AvgIpc) is 2.36. The van der Waals surface area contributed by atoms with Crippen LogP contribution < -0.4 is 5.32 Å². The lowest BCUT2D eigenvalue weighted by Gasteiger charge is -2.36. The first-order chi connectivity index (χ1) is 8.97. The van der Waals surface area contributed by atoms with Crippen LogP contribution in [0.3, 0.4) is 0 Å². The van der Waals surface area contributed by atoms with Gasteiger partial charge in [-0.25, -0.2) is 0 Å². The zero-order chi connectivity index (χ0) is 13.9. The maximum absolute atomic E-state index is 10.5. The van der Waals surface area contributed by atoms with Gasteiger partial charge in [-0.15, -0.1) is 0 Å². The molecule has 4 heteroatoms. The van der Waals surface area contributed by atoms with Gasteiger partial charge in [0.15, 0.2) is 0 Å². The minimum Gasteiger partial charge on any atom is -0.390 e. The minimum atomic E-state index is -0.754. The van der Waals surface area contributed by atoms with Gasteiger partial charge < -0.3 is 15.3 Å². The molecule has 1 aromatic carbocycles. The predicted molar refractivity (Wildman–Crippen MR) is 79.8 cm³/mol. The molecule has 2 N–H and O–H groups in total. The third-order valence-corrected chi connectivity index (χ3v) is 3.99. The molecule has 0 amide bonds. The molecule has 0 saturated carbocycles. The molecule has 0 bridgehead atoms. The Kier molecular flexibility index (Phi) is 4.85. The highest BCUT2D eigenvalue weighted by molar-refractivity contribution is 6.30. The Morgan fingerprint density at radius 2 is 2.05 bits per heavy atom. The molecule has 1 fully saturated rings. The monoisotopic (exact) mass is 282 g/mol. The first-order valence-electron chi connectivity index (χ1n) is 6.88. The lowest BCUT2D eigenvalue weighted by molar-refractivity contribution is 0.0329. The maximum atomic E-state index is 10.5. The summed E-state index contributed by atoms with van der Waals surface area (Å²) in [6.45, 7) is 8.73.